The van der Waals surface area contributed by atoms with E-state index in [9.17, 15) is 9.59 Å². The fourth-order valence-electron chi connectivity index (χ4n) is 1.96. The minimum Gasteiger partial charge on any atom is -0.462 e. The number of esters is 1. The topological polar surface area (TPSA) is 48.3 Å². The zero-order chi connectivity index (χ0) is 13.8. The molecule has 2 aromatic rings. The SMILES string of the molecule is CCOC(=O)c1ccc(=O)n(-c2ccccc2)c1C. The monoisotopic (exact) mass is 257 g/mol. The highest BCUT2D eigenvalue weighted by Gasteiger charge is 2.14. The predicted molar refractivity (Wildman–Crippen MR) is 72.7 cm³/mol. The van der Waals surface area contributed by atoms with E-state index in [2.05, 4.69) is 0 Å². The van der Waals surface area contributed by atoms with Gasteiger partial charge in [0.1, 0.15) is 0 Å². The van der Waals surface area contributed by atoms with Gasteiger partial charge < -0.3 is 4.74 Å². The van der Waals surface area contributed by atoms with E-state index in [1.54, 1.807) is 13.8 Å². The second-order valence-electron chi connectivity index (χ2n) is 4.06. The van der Waals surface area contributed by atoms with Crippen molar-refractivity contribution in [2.75, 3.05) is 6.61 Å². The number of carbonyl (C=O) groups is 1. The molecule has 0 fully saturated rings. The van der Waals surface area contributed by atoms with E-state index in [4.69, 9.17) is 4.74 Å². The van der Waals surface area contributed by atoms with Gasteiger partial charge in [0.25, 0.3) is 5.56 Å². The quantitative estimate of drug-likeness (QED) is 0.793. The van der Waals surface area contributed by atoms with E-state index >= 15 is 0 Å². The third-order valence-corrected chi connectivity index (χ3v) is 2.85. The summed E-state index contributed by atoms with van der Waals surface area (Å²) in [6.07, 6.45) is 0. The highest BCUT2D eigenvalue weighted by Crippen LogP contribution is 2.12. The lowest BCUT2D eigenvalue weighted by Gasteiger charge is -2.13. The largest absolute Gasteiger partial charge is 0.462 e. The third kappa shape index (κ3) is 2.57. The van der Waals surface area contributed by atoms with Crippen LogP contribution in [0.15, 0.2) is 47.3 Å². The molecular formula is C15H15NO3. The summed E-state index contributed by atoms with van der Waals surface area (Å²) in [6, 6.07) is 12.1. The predicted octanol–water partition coefficient (Wildman–Crippen LogP) is 2.32. The van der Waals surface area contributed by atoms with Gasteiger partial charge in [0.15, 0.2) is 0 Å². The van der Waals surface area contributed by atoms with Gasteiger partial charge in [-0.15, -0.1) is 0 Å². The van der Waals surface area contributed by atoms with Crippen molar-refractivity contribution in [3.8, 4) is 5.69 Å². The van der Waals surface area contributed by atoms with Crippen molar-refractivity contribution in [3.63, 3.8) is 0 Å². The van der Waals surface area contributed by atoms with Gasteiger partial charge in [0.05, 0.1) is 12.2 Å². The van der Waals surface area contributed by atoms with Crippen LogP contribution in [0.4, 0.5) is 0 Å². The zero-order valence-electron chi connectivity index (χ0n) is 10.9. The highest BCUT2D eigenvalue weighted by atomic mass is 16.5. The second-order valence-corrected chi connectivity index (χ2v) is 4.06. The molecule has 98 valence electrons. The van der Waals surface area contributed by atoms with Crippen molar-refractivity contribution in [3.05, 3.63) is 64.1 Å². The Morgan fingerprint density at radius 2 is 1.84 bits per heavy atom. The summed E-state index contributed by atoms with van der Waals surface area (Å²) >= 11 is 0. The molecule has 0 saturated carbocycles. The molecule has 0 radical (unpaired) electrons. The number of hydrogen-bond acceptors (Lipinski definition) is 3. The van der Waals surface area contributed by atoms with Crippen LogP contribution < -0.4 is 5.56 Å². The molecule has 0 unspecified atom stereocenters. The molecule has 0 bridgehead atoms. The third-order valence-electron chi connectivity index (χ3n) is 2.85. The van der Waals surface area contributed by atoms with Gasteiger partial charge in [-0.3, -0.25) is 9.36 Å². The first-order valence-electron chi connectivity index (χ1n) is 6.10. The average molecular weight is 257 g/mol. The molecule has 0 aliphatic rings. The molecule has 2 rings (SSSR count). The van der Waals surface area contributed by atoms with Gasteiger partial charge in [0.2, 0.25) is 0 Å². The standard InChI is InChI=1S/C15H15NO3/c1-3-19-15(18)13-9-10-14(17)16(11(13)2)12-7-5-4-6-8-12/h4-10H,3H2,1-2H3. The van der Waals surface area contributed by atoms with Crippen LogP contribution in [0.1, 0.15) is 23.0 Å². The Morgan fingerprint density at radius 1 is 1.16 bits per heavy atom. The molecule has 0 aliphatic carbocycles. The lowest BCUT2D eigenvalue weighted by molar-refractivity contribution is 0.0524. The molecule has 1 heterocycles. The number of ether oxygens (including phenoxy) is 1. The zero-order valence-corrected chi connectivity index (χ0v) is 10.9. The summed E-state index contributed by atoms with van der Waals surface area (Å²) in [4.78, 5) is 23.8. The van der Waals surface area contributed by atoms with E-state index < -0.39 is 5.97 Å². The van der Waals surface area contributed by atoms with Crippen LogP contribution in [0.3, 0.4) is 0 Å². The first kappa shape index (κ1) is 13.1. The summed E-state index contributed by atoms with van der Waals surface area (Å²) in [5.41, 5.74) is 1.55. The molecule has 0 amide bonds. The fourth-order valence-corrected chi connectivity index (χ4v) is 1.96. The lowest BCUT2D eigenvalue weighted by Crippen LogP contribution is -2.23. The Kier molecular flexibility index (Phi) is 3.80. The molecule has 0 spiro atoms. The number of carbonyl (C=O) groups excluding carboxylic acids is 1. The molecule has 19 heavy (non-hydrogen) atoms. The van der Waals surface area contributed by atoms with Crippen LogP contribution in [0.25, 0.3) is 5.69 Å². The van der Waals surface area contributed by atoms with E-state index in [-0.39, 0.29) is 5.56 Å². The van der Waals surface area contributed by atoms with Crippen molar-refractivity contribution >= 4 is 5.97 Å². The maximum atomic E-state index is 12.0. The van der Waals surface area contributed by atoms with Gasteiger partial charge in [-0.25, -0.2) is 4.79 Å². The van der Waals surface area contributed by atoms with Crippen LogP contribution in [-0.4, -0.2) is 17.1 Å². The number of aromatic nitrogens is 1. The van der Waals surface area contributed by atoms with Gasteiger partial charge >= 0.3 is 5.97 Å². The molecular weight excluding hydrogens is 242 g/mol. The van der Waals surface area contributed by atoms with Gasteiger partial charge in [0, 0.05) is 17.4 Å². The van der Waals surface area contributed by atoms with Crippen LogP contribution in [-0.2, 0) is 4.74 Å². The molecule has 0 N–H and O–H groups in total. The summed E-state index contributed by atoms with van der Waals surface area (Å²) in [6.45, 7) is 3.80. The van der Waals surface area contributed by atoms with Crippen LogP contribution in [0.5, 0.6) is 0 Å². The average Bonchev–Trinajstić information content (AvgIpc) is 2.40. The lowest BCUT2D eigenvalue weighted by atomic mass is 10.2. The highest BCUT2D eigenvalue weighted by molar-refractivity contribution is 5.90. The number of rotatable bonds is 3. The van der Waals surface area contributed by atoms with Crippen molar-refractivity contribution in [1.29, 1.82) is 0 Å². The Bertz CT molecular complexity index is 644. The molecule has 1 aromatic carbocycles. The molecule has 1 aromatic heterocycles. The van der Waals surface area contributed by atoms with Crippen molar-refractivity contribution in [2.45, 2.75) is 13.8 Å². The summed E-state index contributed by atoms with van der Waals surface area (Å²) in [7, 11) is 0. The smallest absolute Gasteiger partial charge is 0.339 e. The minimum atomic E-state index is -0.412. The number of hydrogen-bond donors (Lipinski definition) is 0. The van der Waals surface area contributed by atoms with Gasteiger partial charge in [-0.1, -0.05) is 18.2 Å². The second kappa shape index (κ2) is 5.52. The van der Waals surface area contributed by atoms with E-state index in [1.165, 1.54) is 16.7 Å². The summed E-state index contributed by atoms with van der Waals surface area (Å²) < 4.78 is 6.49. The molecule has 0 aliphatic heterocycles. The van der Waals surface area contributed by atoms with Gasteiger partial charge in [-0.2, -0.15) is 0 Å². The van der Waals surface area contributed by atoms with Crippen LogP contribution in [0, 0.1) is 6.92 Å². The Hall–Kier alpha value is -2.36. The fraction of sp³-hybridized carbons (Fsp3) is 0.200. The first-order chi connectivity index (χ1) is 9.15. The molecule has 4 heteroatoms. The molecule has 0 saturated heterocycles. The normalized spacial score (nSPS) is 10.2. The Morgan fingerprint density at radius 3 is 2.47 bits per heavy atom. The summed E-state index contributed by atoms with van der Waals surface area (Å²) in [5, 5.41) is 0. The van der Waals surface area contributed by atoms with Crippen molar-refractivity contribution in [2.24, 2.45) is 0 Å². The molecule has 4 nitrogen and oxygen atoms in total. The number of para-hydroxylation sites is 1. The first-order valence-corrected chi connectivity index (χ1v) is 6.10. The van der Waals surface area contributed by atoms with E-state index in [1.807, 2.05) is 30.3 Å². The van der Waals surface area contributed by atoms with Crippen molar-refractivity contribution < 1.29 is 9.53 Å². The van der Waals surface area contributed by atoms with Crippen LogP contribution in [0.2, 0.25) is 0 Å². The number of pyridine rings is 1. The Labute approximate surface area is 111 Å². The van der Waals surface area contributed by atoms with Crippen LogP contribution >= 0.6 is 0 Å². The maximum absolute atomic E-state index is 12.0. The Balaban J connectivity index is 2.59. The maximum Gasteiger partial charge on any atom is 0.339 e. The van der Waals surface area contributed by atoms with E-state index in [0.717, 1.165) is 5.69 Å². The van der Waals surface area contributed by atoms with Gasteiger partial charge in [-0.05, 0) is 32.0 Å². The minimum absolute atomic E-state index is 0.170. The van der Waals surface area contributed by atoms with E-state index in [0.29, 0.717) is 17.9 Å². The number of benzene rings is 1. The number of nitrogens with zero attached hydrogens (tertiary/aromatic N) is 1. The van der Waals surface area contributed by atoms with Crippen molar-refractivity contribution in [1.82, 2.24) is 4.57 Å². The summed E-state index contributed by atoms with van der Waals surface area (Å²) in [5.74, 6) is -0.412. The molecule has 0 atom stereocenters.